The lowest BCUT2D eigenvalue weighted by molar-refractivity contribution is 0.661. The third-order valence-corrected chi connectivity index (χ3v) is 7.37. The van der Waals surface area contributed by atoms with Crippen LogP contribution in [0.15, 0.2) is 91.0 Å². The molecule has 6 rings (SSSR count). The van der Waals surface area contributed by atoms with Gasteiger partial charge in [0, 0.05) is 8.99 Å². The summed E-state index contributed by atoms with van der Waals surface area (Å²) in [6.07, 6.45) is 0. The molecule has 144 valence electrons. The Kier molecular flexibility index (Phi) is 3.88. The van der Waals surface area contributed by atoms with Crippen LogP contribution in [0.5, 0.6) is 0 Å². The van der Waals surface area contributed by atoms with E-state index in [1.807, 2.05) is 0 Å². The van der Waals surface area contributed by atoms with E-state index in [0.717, 1.165) is 0 Å². The van der Waals surface area contributed by atoms with Crippen molar-refractivity contribution in [2.45, 2.75) is 19.3 Å². The number of hydrogen-bond donors (Lipinski definition) is 0. The first-order valence-electron chi connectivity index (χ1n) is 10.4. The van der Waals surface area contributed by atoms with E-state index in [0.29, 0.717) is 0 Å². The van der Waals surface area contributed by atoms with Crippen LogP contribution in [0.3, 0.4) is 0 Å². The predicted octanol–water partition coefficient (Wildman–Crippen LogP) is 8.57. The highest BCUT2D eigenvalue weighted by Gasteiger charge is 2.36. The lowest BCUT2D eigenvalue weighted by Gasteiger charge is -2.22. The molecule has 0 amide bonds. The fraction of sp³-hybridized carbons (Fsp3) is 0.103. The van der Waals surface area contributed by atoms with Gasteiger partial charge in [-0.05, 0) is 102 Å². The maximum Gasteiger partial charge on any atom is 0.0159 e. The number of rotatable bonds is 1. The van der Waals surface area contributed by atoms with Gasteiger partial charge in [0.15, 0.2) is 0 Å². The molecule has 0 atom stereocenters. The van der Waals surface area contributed by atoms with Gasteiger partial charge in [0.05, 0.1) is 0 Å². The fourth-order valence-electron chi connectivity index (χ4n) is 5.08. The van der Waals surface area contributed by atoms with Crippen molar-refractivity contribution in [3.63, 3.8) is 0 Å². The third kappa shape index (κ3) is 2.58. The van der Waals surface area contributed by atoms with Crippen LogP contribution >= 0.6 is 22.6 Å². The summed E-state index contributed by atoms with van der Waals surface area (Å²) in [5.74, 6) is 0. The predicted molar refractivity (Wildman–Crippen MR) is 137 cm³/mol. The minimum Gasteiger partial charge on any atom is -0.0616 e. The zero-order chi connectivity index (χ0) is 20.5. The molecule has 5 aromatic carbocycles. The van der Waals surface area contributed by atoms with Gasteiger partial charge in [0.2, 0.25) is 0 Å². The molecule has 0 saturated carbocycles. The molecule has 1 aliphatic rings. The maximum absolute atomic E-state index is 2.41. The topological polar surface area (TPSA) is 0 Å². The molecule has 0 saturated heterocycles. The van der Waals surface area contributed by atoms with E-state index in [9.17, 15) is 0 Å². The highest BCUT2D eigenvalue weighted by Crippen LogP contribution is 2.52. The lowest BCUT2D eigenvalue weighted by atomic mass is 9.81. The first kappa shape index (κ1) is 18.1. The SMILES string of the molecule is CC1(C)c2cc(-c3ccc4cc(I)ccc4c3)ccc2-c2c1ccc1ccccc21. The normalized spacial score (nSPS) is 14.1. The van der Waals surface area contributed by atoms with E-state index in [1.165, 1.54) is 58.5 Å². The van der Waals surface area contributed by atoms with Gasteiger partial charge in [-0.15, -0.1) is 0 Å². The second kappa shape index (κ2) is 6.42. The minimum absolute atomic E-state index is 0.00231. The summed E-state index contributed by atoms with van der Waals surface area (Å²) in [6.45, 7) is 4.72. The van der Waals surface area contributed by atoms with E-state index in [2.05, 4.69) is 127 Å². The van der Waals surface area contributed by atoms with Crippen molar-refractivity contribution in [3.05, 3.63) is 106 Å². The van der Waals surface area contributed by atoms with Gasteiger partial charge >= 0.3 is 0 Å². The molecule has 0 fully saturated rings. The molecule has 0 spiro atoms. The molecule has 0 N–H and O–H groups in total. The summed E-state index contributed by atoms with van der Waals surface area (Å²) in [6, 6.07) is 33.9. The summed E-state index contributed by atoms with van der Waals surface area (Å²) in [4.78, 5) is 0. The van der Waals surface area contributed by atoms with Crippen LogP contribution < -0.4 is 0 Å². The van der Waals surface area contributed by atoms with Crippen molar-refractivity contribution < 1.29 is 0 Å². The Balaban J connectivity index is 1.56. The Morgan fingerprint density at radius 1 is 0.600 bits per heavy atom. The van der Waals surface area contributed by atoms with Gasteiger partial charge in [-0.1, -0.05) is 80.6 Å². The lowest BCUT2D eigenvalue weighted by Crippen LogP contribution is -2.15. The highest BCUT2D eigenvalue weighted by atomic mass is 127. The summed E-state index contributed by atoms with van der Waals surface area (Å²) in [5, 5.41) is 5.26. The van der Waals surface area contributed by atoms with E-state index in [4.69, 9.17) is 0 Å². The summed E-state index contributed by atoms with van der Waals surface area (Å²) < 4.78 is 1.28. The molecular formula is C29H21I. The minimum atomic E-state index is -0.00231. The van der Waals surface area contributed by atoms with Gasteiger partial charge in [0.1, 0.15) is 0 Å². The molecule has 1 heteroatoms. The van der Waals surface area contributed by atoms with Crippen LogP contribution in [0.4, 0.5) is 0 Å². The van der Waals surface area contributed by atoms with Crippen LogP contribution in [-0.2, 0) is 5.41 Å². The van der Waals surface area contributed by atoms with Crippen molar-refractivity contribution >= 4 is 44.1 Å². The molecule has 0 aromatic heterocycles. The summed E-state index contributed by atoms with van der Waals surface area (Å²) in [5.41, 5.74) is 8.22. The van der Waals surface area contributed by atoms with Crippen LogP contribution in [0.25, 0.3) is 43.8 Å². The number of halogens is 1. The first-order valence-corrected chi connectivity index (χ1v) is 11.5. The fourth-order valence-corrected chi connectivity index (χ4v) is 5.60. The van der Waals surface area contributed by atoms with Gasteiger partial charge in [-0.3, -0.25) is 0 Å². The third-order valence-electron chi connectivity index (χ3n) is 6.70. The molecule has 0 heterocycles. The van der Waals surface area contributed by atoms with Crippen molar-refractivity contribution in [3.8, 4) is 22.3 Å². The van der Waals surface area contributed by atoms with Crippen LogP contribution in [-0.4, -0.2) is 0 Å². The van der Waals surface area contributed by atoms with Crippen molar-refractivity contribution in [1.82, 2.24) is 0 Å². The van der Waals surface area contributed by atoms with Crippen molar-refractivity contribution in [2.75, 3.05) is 0 Å². The molecule has 0 unspecified atom stereocenters. The van der Waals surface area contributed by atoms with E-state index in [1.54, 1.807) is 0 Å². The molecule has 0 radical (unpaired) electrons. The molecule has 0 nitrogen and oxygen atoms in total. The number of benzene rings is 5. The molecule has 5 aromatic rings. The average molecular weight is 496 g/mol. The quantitative estimate of drug-likeness (QED) is 0.204. The van der Waals surface area contributed by atoms with Crippen molar-refractivity contribution in [2.24, 2.45) is 0 Å². The molecule has 0 bridgehead atoms. The molecule has 1 aliphatic carbocycles. The van der Waals surface area contributed by atoms with Crippen LogP contribution in [0, 0.1) is 3.57 Å². The summed E-state index contributed by atoms with van der Waals surface area (Å²) in [7, 11) is 0. The largest absolute Gasteiger partial charge is 0.0616 e. The van der Waals surface area contributed by atoms with E-state index < -0.39 is 0 Å². The van der Waals surface area contributed by atoms with Gasteiger partial charge in [-0.25, -0.2) is 0 Å². The monoisotopic (exact) mass is 496 g/mol. The Morgan fingerprint density at radius 2 is 1.30 bits per heavy atom. The highest BCUT2D eigenvalue weighted by molar-refractivity contribution is 14.1. The van der Waals surface area contributed by atoms with Crippen molar-refractivity contribution in [1.29, 1.82) is 0 Å². The maximum atomic E-state index is 2.41. The number of hydrogen-bond acceptors (Lipinski definition) is 0. The van der Waals surface area contributed by atoms with Gasteiger partial charge in [0.25, 0.3) is 0 Å². The zero-order valence-electron chi connectivity index (χ0n) is 17.0. The Morgan fingerprint density at radius 3 is 2.20 bits per heavy atom. The first-order chi connectivity index (χ1) is 14.5. The van der Waals surface area contributed by atoms with E-state index >= 15 is 0 Å². The standard InChI is InChI=1S/C29H21I/c1-29(2)26-14-11-18-5-3-4-6-24(18)28(26)25-13-10-22(17-27(25)29)19-7-8-21-16-23(30)12-9-20(21)15-19/h3-17H,1-2H3. The smallest absolute Gasteiger partial charge is 0.0159 e. The number of fused-ring (bicyclic) bond motifs is 6. The molecular weight excluding hydrogens is 475 g/mol. The van der Waals surface area contributed by atoms with Gasteiger partial charge in [-0.2, -0.15) is 0 Å². The summed E-state index contributed by atoms with van der Waals surface area (Å²) >= 11 is 2.38. The average Bonchev–Trinajstić information content (AvgIpc) is 3.00. The zero-order valence-corrected chi connectivity index (χ0v) is 19.2. The second-order valence-corrected chi connectivity index (χ2v) is 10.0. The second-order valence-electron chi connectivity index (χ2n) is 8.80. The van der Waals surface area contributed by atoms with Crippen LogP contribution in [0.1, 0.15) is 25.0 Å². The van der Waals surface area contributed by atoms with E-state index in [-0.39, 0.29) is 5.41 Å². The Bertz CT molecular complexity index is 1470. The van der Waals surface area contributed by atoms with Gasteiger partial charge < -0.3 is 0 Å². The Hall–Kier alpha value is -2.65. The molecule has 30 heavy (non-hydrogen) atoms. The van der Waals surface area contributed by atoms with Crippen LogP contribution in [0.2, 0.25) is 0 Å². The Labute approximate surface area is 190 Å². The molecule has 0 aliphatic heterocycles.